The highest BCUT2D eigenvalue weighted by atomic mass is 16.4. The molecule has 2 fully saturated rings. The van der Waals surface area contributed by atoms with Gasteiger partial charge in [0, 0.05) is 0 Å². The summed E-state index contributed by atoms with van der Waals surface area (Å²) >= 11 is 0. The van der Waals surface area contributed by atoms with Crippen molar-refractivity contribution in [2.45, 2.75) is 57.4 Å². The van der Waals surface area contributed by atoms with E-state index < -0.39 is 0 Å². The Hall–Kier alpha value is -0.570. The van der Waals surface area contributed by atoms with E-state index in [-0.39, 0.29) is 0 Å². The lowest BCUT2D eigenvalue weighted by Gasteiger charge is -2.33. The lowest BCUT2D eigenvalue weighted by atomic mass is 9.92. The molecule has 3 nitrogen and oxygen atoms in total. The molecule has 2 rings (SSSR count). The van der Waals surface area contributed by atoms with E-state index in [1.807, 2.05) is 0 Å². The smallest absolute Gasteiger partial charge is 0.0742 e. The van der Waals surface area contributed by atoms with Gasteiger partial charge < -0.3 is 5.21 Å². The summed E-state index contributed by atoms with van der Waals surface area (Å²) in [5.74, 6) is 0. The van der Waals surface area contributed by atoms with Gasteiger partial charge in [-0.15, -0.1) is 0 Å². The Labute approximate surface area is 92.1 Å². The molecule has 1 atom stereocenters. The molecule has 0 radical (unpaired) electrons. The molecular weight excluding hydrogens is 188 g/mol. The maximum atomic E-state index is 9.02. The van der Waals surface area contributed by atoms with Crippen LogP contribution < -0.4 is 0 Å². The second kappa shape index (κ2) is 5.50. The Morgan fingerprint density at radius 2 is 1.73 bits per heavy atom. The first-order valence-corrected chi connectivity index (χ1v) is 6.36. The zero-order valence-electron chi connectivity index (χ0n) is 9.49. The van der Waals surface area contributed by atoms with Crippen molar-refractivity contribution < 1.29 is 5.21 Å². The predicted octanol–water partition coefficient (Wildman–Crippen LogP) is 2.64. The van der Waals surface area contributed by atoms with Crippen LogP contribution in [0.3, 0.4) is 0 Å². The van der Waals surface area contributed by atoms with E-state index in [0.29, 0.717) is 6.04 Å². The molecule has 0 aromatic heterocycles. The van der Waals surface area contributed by atoms with Gasteiger partial charge >= 0.3 is 0 Å². The van der Waals surface area contributed by atoms with Gasteiger partial charge in [-0.3, -0.25) is 4.90 Å². The molecule has 15 heavy (non-hydrogen) atoms. The molecule has 0 bridgehead atoms. The van der Waals surface area contributed by atoms with E-state index in [0.717, 1.165) is 12.1 Å². The highest BCUT2D eigenvalue weighted by Crippen LogP contribution is 2.23. The molecule has 1 N–H and O–H groups in total. The van der Waals surface area contributed by atoms with Gasteiger partial charge in [-0.1, -0.05) is 24.4 Å². The van der Waals surface area contributed by atoms with Crippen molar-refractivity contribution in [3.05, 3.63) is 0 Å². The minimum atomic E-state index is 0.446. The van der Waals surface area contributed by atoms with E-state index >= 15 is 0 Å². The fraction of sp³-hybridized carbons (Fsp3) is 0.917. The molecule has 3 heteroatoms. The number of rotatable bonds is 1. The average molecular weight is 210 g/mol. The van der Waals surface area contributed by atoms with Gasteiger partial charge in [0.1, 0.15) is 0 Å². The summed E-state index contributed by atoms with van der Waals surface area (Å²) in [6.45, 7) is 2.40. The van der Waals surface area contributed by atoms with Gasteiger partial charge in [-0.05, 0) is 45.2 Å². The summed E-state index contributed by atoms with van der Waals surface area (Å²) in [6, 6.07) is 0.446. The van der Waals surface area contributed by atoms with Gasteiger partial charge in [0.2, 0.25) is 0 Å². The first-order valence-electron chi connectivity index (χ1n) is 6.36. The maximum Gasteiger partial charge on any atom is 0.0742 e. The Morgan fingerprint density at radius 3 is 2.40 bits per heavy atom. The Kier molecular flexibility index (Phi) is 4.01. The zero-order chi connectivity index (χ0) is 10.5. The number of hydrogen-bond acceptors (Lipinski definition) is 3. The van der Waals surface area contributed by atoms with Crippen LogP contribution in [0, 0.1) is 0 Å². The van der Waals surface area contributed by atoms with Crippen LogP contribution in [0.4, 0.5) is 0 Å². The number of nitrogens with zero attached hydrogens (tertiary/aromatic N) is 2. The lowest BCUT2D eigenvalue weighted by Crippen LogP contribution is -2.43. The summed E-state index contributed by atoms with van der Waals surface area (Å²) in [6.07, 6.45) is 10.1. The van der Waals surface area contributed by atoms with Crippen LogP contribution in [0.2, 0.25) is 0 Å². The molecule has 1 aliphatic heterocycles. The highest BCUT2D eigenvalue weighted by molar-refractivity contribution is 5.89. The first-order chi connectivity index (χ1) is 7.42. The molecular formula is C12H22N2O. The fourth-order valence-corrected chi connectivity index (χ4v) is 2.89. The third kappa shape index (κ3) is 2.71. The molecule has 86 valence electrons. The number of oxime groups is 1. The first kappa shape index (κ1) is 10.9. The zero-order valence-corrected chi connectivity index (χ0v) is 9.49. The van der Waals surface area contributed by atoms with Crippen molar-refractivity contribution in [3.8, 4) is 0 Å². The highest BCUT2D eigenvalue weighted by Gasteiger charge is 2.27. The van der Waals surface area contributed by atoms with Gasteiger partial charge in [0.25, 0.3) is 0 Å². The molecule has 1 aliphatic carbocycles. The van der Waals surface area contributed by atoms with E-state index in [9.17, 15) is 0 Å². The van der Waals surface area contributed by atoms with Crippen LogP contribution in [0.1, 0.15) is 51.4 Å². The van der Waals surface area contributed by atoms with Crippen LogP contribution in [0.5, 0.6) is 0 Å². The third-order valence-corrected chi connectivity index (χ3v) is 3.75. The summed E-state index contributed by atoms with van der Waals surface area (Å²) < 4.78 is 0. The summed E-state index contributed by atoms with van der Waals surface area (Å²) in [5, 5.41) is 12.5. The van der Waals surface area contributed by atoms with Crippen LogP contribution >= 0.6 is 0 Å². The van der Waals surface area contributed by atoms with Gasteiger partial charge in [-0.25, -0.2) is 0 Å². The van der Waals surface area contributed by atoms with Crippen LogP contribution in [-0.2, 0) is 0 Å². The number of likely N-dealkylation sites (tertiary alicyclic amines) is 1. The minimum Gasteiger partial charge on any atom is -0.411 e. The maximum absolute atomic E-state index is 9.02. The fourth-order valence-electron chi connectivity index (χ4n) is 2.89. The average Bonchev–Trinajstić information content (AvgIpc) is 2.57. The van der Waals surface area contributed by atoms with E-state index in [4.69, 9.17) is 5.21 Å². The molecule has 0 amide bonds. The topological polar surface area (TPSA) is 35.8 Å². The van der Waals surface area contributed by atoms with Crippen molar-refractivity contribution in [2.24, 2.45) is 5.16 Å². The monoisotopic (exact) mass is 210 g/mol. The molecule has 0 spiro atoms. The minimum absolute atomic E-state index is 0.446. The predicted molar refractivity (Wildman–Crippen MR) is 61.5 cm³/mol. The van der Waals surface area contributed by atoms with Gasteiger partial charge in [-0.2, -0.15) is 0 Å². The molecule has 2 aliphatic rings. The Balaban J connectivity index is 1.99. The second-order valence-corrected chi connectivity index (χ2v) is 4.80. The van der Waals surface area contributed by atoms with Crippen LogP contribution in [0.15, 0.2) is 5.16 Å². The summed E-state index contributed by atoms with van der Waals surface area (Å²) in [7, 11) is 0. The Morgan fingerprint density at radius 1 is 1.00 bits per heavy atom. The molecule has 0 aromatic rings. The van der Waals surface area contributed by atoms with Crippen molar-refractivity contribution in [3.63, 3.8) is 0 Å². The Bertz CT molecular complexity index is 220. The molecule has 1 heterocycles. The van der Waals surface area contributed by atoms with Crippen LogP contribution in [0.25, 0.3) is 0 Å². The normalized spacial score (nSPS) is 32.8. The molecule has 0 aromatic carbocycles. The van der Waals surface area contributed by atoms with E-state index in [2.05, 4.69) is 10.1 Å². The molecule has 1 saturated carbocycles. The summed E-state index contributed by atoms with van der Waals surface area (Å²) in [4.78, 5) is 2.54. The summed E-state index contributed by atoms with van der Waals surface area (Å²) in [5.41, 5.74) is 1.03. The largest absolute Gasteiger partial charge is 0.411 e. The van der Waals surface area contributed by atoms with Crippen molar-refractivity contribution >= 4 is 5.71 Å². The quantitative estimate of drug-likeness (QED) is 0.533. The SMILES string of the molecule is ON=C1CCCCC1N1CCCCCC1. The molecule has 1 saturated heterocycles. The van der Waals surface area contributed by atoms with Crippen LogP contribution in [-0.4, -0.2) is 35.0 Å². The number of hydrogen-bond donors (Lipinski definition) is 1. The van der Waals surface area contributed by atoms with Gasteiger partial charge in [0.05, 0.1) is 11.8 Å². The van der Waals surface area contributed by atoms with E-state index in [1.54, 1.807) is 0 Å². The van der Waals surface area contributed by atoms with Crippen molar-refractivity contribution in [1.29, 1.82) is 0 Å². The lowest BCUT2D eigenvalue weighted by molar-refractivity contribution is 0.220. The van der Waals surface area contributed by atoms with E-state index in [1.165, 1.54) is 58.0 Å². The second-order valence-electron chi connectivity index (χ2n) is 4.80. The van der Waals surface area contributed by atoms with Crippen molar-refractivity contribution in [2.75, 3.05) is 13.1 Å². The molecule has 1 unspecified atom stereocenters. The third-order valence-electron chi connectivity index (χ3n) is 3.75. The van der Waals surface area contributed by atoms with Gasteiger partial charge in [0.15, 0.2) is 0 Å². The van der Waals surface area contributed by atoms with Crippen molar-refractivity contribution in [1.82, 2.24) is 4.90 Å². The standard InChI is InChI=1S/C12H22N2O/c15-13-11-7-3-4-8-12(11)14-9-5-1-2-6-10-14/h12,15H,1-10H2.